The maximum atomic E-state index is 6.31. The maximum absolute atomic E-state index is 6.31. The van der Waals surface area contributed by atoms with Crippen molar-refractivity contribution in [1.29, 1.82) is 0 Å². The van der Waals surface area contributed by atoms with Gasteiger partial charge in [0.25, 0.3) is 0 Å². The van der Waals surface area contributed by atoms with E-state index in [0.29, 0.717) is 6.61 Å². The third-order valence-electron chi connectivity index (χ3n) is 4.99. The predicted molar refractivity (Wildman–Crippen MR) is 122 cm³/mol. The van der Waals surface area contributed by atoms with Crippen LogP contribution in [0.2, 0.25) is 0 Å². The minimum absolute atomic E-state index is 0.00217. The summed E-state index contributed by atoms with van der Waals surface area (Å²) in [6, 6.07) is 0. The molecule has 0 saturated carbocycles. The highest BCUT2D eigenvalue weighted by atomic mass is 32.2. The lowest BCUT2D eigenvalue weighted by molar-refractivity contribution is -0.336. The monoisotopic (exact) mass is 454 g/mol. The Morgan fingerprint density at radius 3 is 1.89 bits per heavy atom. The molecule has 0 aliphatic carbocycles. The molecule has 3 saturated heterocycles. The Morgan fingerprint density at radius 2 is 1.26 bits per heavy atom. The van der Waals surface area contributed by atoms with Gasteiger partial charge in [0, 0.05) is 58.9 Å². The third-order valence-corrected chi connectivity index (χ3v) is 9.63. The lowest BCUT2D eigenvalue weighted by atomic mass is 9.93. The van der Waals surface area contributed by atoms with Crippen molar-refractivity contribution in [1.82, 2.24) is 0 Å². The summed E-state index contributed by atoms with van der Waals surface area (Å²) in [6.07, 6.45) is 4.25. The van der Waals surface area contributed by atoms with Crippen LogP contribution in [0, 0.1) is 0 Å². The van der Waals surface area contributed by atoms with Crippen LogP contribution in [-0.4, -0.2) is 90.4 Å². The Hall–Kier alpha value is 1.24. The van der Waals surface area contributed by atoms with E-state index in [1.807, 2.05) is 23.5 Å². The molecule has 0 aromatic rings. The molecule has 3 fully saturated rings. The van der Waals surface area contributed by atoms with Gasteiger partial charge in [-0.05, 0) is 12.8 Å². The average molecular weight is 455 g/mol. The lowest BCUT2D eigenvalue weighted by Gasteiger charge is -2.47. The van der Waals surface area contributed by atoms with Crippen LogP contribution in [0.5, 0.6) is 0 Å². The SMILES string of the molecule is C1CCC2(OC1)OCC1CC2OCCSCCSCCSCCSCCO1. The fraction of sp³-hybridized carbons (Fsp3) is 1.00. The number of hydrogen-bond donors (Lipinski definition) is 0. The third kappa shape index (κ3) is 8.12. The minimum atomic E-state index is -0.524. The molecular formula is C19H34O4S4. The van der Waals surface area contributed by atoms with E-state index in [0.717, 1.165) is 57.0 Å². The molecule has 3 rings (SSSR count). The highest BCUT2D eigenvalue weighted by Crippen LogP contribution is 2.37. The second kappa shape index (κ2) is 13.5. The molecule has 4 nitrogen and oxygen atoms in total. The lowest BCUT2D eigenvalue weighted by Crippen LogP contribution is -2.57. The summed E-state index contributed by atoms with van der Waals surface area (Å²) >= 11 is 8.16. The molecule has 0 amide bonds. The van der Waals surface area contributed by atoms with Crippen LogP contribution >= 0.6 is 47.0 Å². The number of ether oxygens (including phenoxy) is 4. The van der Waals surface area contributed by atoms with E-state index in [1.165, 1.54) is 34.5 Å². The molecule has 3 aliphatic heterocycles. The molecule has 0 N–H and O–H groups in total. The first kappa shape index (κ1) is 22.9. The molecule has 2 bridgehead atoms. The molecule has 3 unspecified atom stereocenters. The normalized spacial score (nSPS) is 36.4. The van der Waals surface area contributed by atoms with Gasteiger partial charge in [0.05, 0.1) is 32.5 Å². The van der Waals surface area contributed by atoms with Gasteiger partial charge in [0.15, 0.2) is 5.79 Å². The summed E-state index contributed by atoms with van der Waals surface area (Å²) < 4.78 is 24.8. The van der Waals surface area contributed by atoms with Crippen molar-refractivity contribution in [2.75, 3.05) is 72.5 Å². The van der Waals surface area contributed by atoms with Gasteiger partial charge in [0.1, 0.15) is 6.10 Å². The average Bonchev–Trinajstić information content (AvgIpc) is 2.70. The van der Waals surface area contributed by atoms with Crippen LogP contribution in [0.4, 0.5) is 0 Å². The fourth-order valence-electron chi connectivity index (χ4n) is 3.57. The molecule has 0 aromatic carbocycles. The second-order valence-electron chi connectivity index (χ2n) is 6.97. The summed E-state index contributed by atoms with van der Waals surface area (Å²) in [5.41, 5.74) is 0. The summed E-state index contributed by atoms with van der Waals surface area (Å²) in [4.78, 5) is 0. The summed E-state index contributed by atoms with van der Waals surface area (Å²) in [7, 11) is 0. The zero-order chi connectivity index (χ0) is 18.6. The Morgan fingerprint density at radius 1 is 0.630 bits per heavy atom. The zero-order valence-electron chi connectivity index (χ0n) is 16.2. The first-order chi connectivity index (χ1) is 13.4. The number of thioether (sulfide) groups is 4. The number of hydrogen-bond acceptors (Lipinski definition) is 8. The zero-order valence-corrected chi connectivity index (χ0v) is 19.5. The smallest absolute Gasteiger partial charge is 0.194 e. The molecule has 158 valence electrons. The van der Waals surface area contributed by atoms with Crippen LogP contribution in [0.1, 0.15) is 25.7 Å². The van der Waals surface area contributed by atoms with Crippen molar-refractivity contribution in [3.63, 3.8) is 0 Å². The Bertz CT molecular complexity index is 396. The van der Waals surface area contributed by atoms with Crippen molar-refractivity contribution in [3.05, 3.63) is 0 Å². The summed E-state index contributed by atoms with van der Waals surface area (Å²) in [6.45, 7) is 2.99. The van der Waals surface area contributed by atoms with Gasteiger partial charge in [-0.3, -0.25) is 0 Å². The van der Waals surface area contributed by atoms with Crippen LogP contribution in [0.3, 0.4) is 0 Å². The van der Waals surface area contributed by atoms with Crippen molar-refractivity contribution < 1.29 is 18.9 Å². The van der Waals surface area contributed by atoms with Crippen LogP contribution < -0.4 is 0 Å². The molecule has 3 atom stereocenters. The maximum Gasteiger partial charge on any atom is 0.194 e. The molecule has 27 heavy (non-hydrogen) atoms. The highest BCUT2D eigenvalue weighted by Gasteiger charge is 2.48. The predicted octanol–water partition coefficient (Wildman–Crippen LogP) is 4.02. The van der Waals surface area contributed by atoms with E-state index in [2.05, 4.69) is 23.5 Å². The highest BCUT2D eigenvalue weighted by molar-refractivity contribution is 8.05. The van der Waals surface area contributed by atoms with Gasteiger partial charge >= 0.3 is 0 Å². The first-order valence-electron chi connectivity index (χ1n) is 10.2. The Labute approximate surface area is 181 Å². The van der Waals surface area contributed by atoms with Crippen molar-refractivity contribution in [2.45, 2.75) is 43.7 Å². The van der Waals surface area contributed by atoms with Gasteiger partial charge < -0.3 is 18.9 Å². The number of rotatable bonds is 0. The molecule has 3 aliphatic rings. The minimum Gasteiger partial charge on any atom is -0.375 e. The van der Waals surface area contributed by atoms with Crippen LogP contribution in [0.15, 0.2) is 0 Å². The van der Waals surface area contributed by atoms with E-state index < -0.39 is 5.79 Å². The molecule has 0 aromatic heterocycles. The van der Waals surface area contributed by atoms with E-state index in [-0.39, 0.29) is 12.2 Å². The largest absolute Gasteiger partial charge is 0.375 e. The van der Waals surface area contributed by atoms with Crippen molar-refractivity contribution in [3.8, 4) is 0 Å². The Balaban J connectivity index is 1.50. The van der Waals surface area contributed by atoms with Gasteiger partial charge in [-0.25, -0.2) is 0 Å². The molecule has 8 heteroatoms. The van der Waals surface area contributed by atoms with Gasteiger partial charge in [-0.1, -0.05) is 0 Å². The van der Waals surface area contributed by atoms with E-state index in [1.54, 1.807) is 0 Å². The molecule has 0 radical (unpaired) electrons. The number of fused-ring (bicyclic) bond motifs is 3. The van der Waals surface area contributed by atoms with Gasteiger partial charge in [-0.15, -0.1) is 0 Å². The van der Waals surface area contributed by atoms with E-state index in [9.17, 15) is 0 Å². The van der Waals surface area contributed by atoms with Crippen molar-refractivity contribution >= 4 is 47.0 Å². The van der Waals surface area contributed by atoms with Gasteiger partial charge in [0.2, 0.25) is 0 Å². The fourth-order valence-corrected chi connectivity index (χ4v) is 7.64. The van der Waals surface area contributed by atoms with Crippen LogP contribution in [-0.2, 0) is 18.9 Å². The topological polar surface area (TPSA) is 36.9 Å². The summed E-state index contributed by atoms with van der Waals surface area (Å²) in [5.74, 6) is 9.07. The quantitative estimate of drug-likeness (QED) is 0.543. The van der Waals surface area contributed by atoms with Gasteiger partial charge in [-0.2, -0.15) is 47.0 Å². The molecular weight excluding hydrogens is 420 g/mol. The summed E-state index contributed by atoms with van der Waals surface area (Å²) in [5, 5.41) is 0. The van der Waals surface area contributed by atoms with E-state index >= 15 is 0 Å². The molecule has 3 heterocycles. The standard InChI is InChI=1S/C19H34O4S4/c1-2-4-22-19(3-1)18-15-17(16-23-19)20-5-7-24-9-11-26-13-14-27-12-10-25-8-6-21-18/h17-18H,1-16H2. The second-order valence-corrected chi connectivity index (χ2v) is 11.9. The first-order valence-corrected chi connectivity index (χ1v) is 14.8. The Kier molecular flexibility index (Phi) is 11.5. The van der Waals surface area contributed by atoms with E-state index in [4.69, 9.17) is 18.9 Å². The molecule has 1 spiro atoms. The van der Waals surface area contributed by atoms with Crippen molar-refractivity contribution in [2.24, 2.45) is 0 Å². The van der Waals surface area contributed by atoms with Crippen LogP contribution in [0.25, 0.3) is 0 Å².